The first-order chi connectivity index (χ1) is 9.16. The van der Waals surface area contributed by atoms with Gasteiger partial charge in [-0.15, -0.1) is 0 Å². The van der Waals surface area contributed by atoms with E-state index >= 15 is 0 Å². The van der Waals surface area contributed by atoms with E-state index in [0.29, 0.717) is 24.1 Å². The second-order valence-corrected chi connectivity index (χ2v) is 6.87. The van der Waals surface area contributed by atoms with E-state index in [0.717, 1.165) is 5.82 Å². The lowest BCUT2D eigenvalue weighted by atomic mass is 9.96. The van der Waals surface area contributed by atoms with Crippen LogP contribution in [-0.2, 0) is 14.9 Å². The predicted molar refractivity (Wildman–Crippen MR) is 79.1 cm³/mol. The molecular weight excluding hydrogens is 278 g/mol. The molecule has 0 aliphatic carbocycles. The van der Waals surface area contributed by atoms with Gasteiger partial charge in [0.25, 0.3) is 0 Å². The summed E-state index contributed by atoms with van der Waals surface area (Å²) in [6.45, 7) is 11.2. The zero-order valence-corrected chi connectivity index (χ0v) is 13.4. The van der Waals surface area contributed by atoms with Gasteiger partial charge in [0.1, 0.15) is 22.9 Å². The van der Waals surface area contributed by atoms with Crippen LogP contribution in [0.25, 0.3) is 0 Å². The molecule has 20 heavy (non-hydrogen) atoms. The fourth-order valence-corrected chi connectivity index (χ4v) is 2.11. The molecule has 0 saturated carbocycles. The third-order valence-electron chi connectivity index (χ3n) is 2.94. The fraction of sp³-hybridized carbons (Fsp3) is 0.714. The number of nitrogens with zero attached hydrogens (tertiary/aromatic N) is 2. The minimum atomic E-state index is -0.508. The Kier molecular flexibility index (Phi) is 4.23. The Morgan fingerprint density at radius 3 is 2.65 bits per heavy atom. The van der Waals surface area contributed by atoms with Gasteiger partial charge in [0.2, 0.25) is 0 Å². The number of rotatable bonds is 3. The average Bonchev–Trinajstić information content (AvgIpc) is 2.64. The molecule has 0 amide bonds. The molecule has 0 bridgehead atoms. The van der Waals surface area contributed by atoms with Crippen LogP contribution in [0, 0.1) is 0 Å². The zero-order chi connectivity index (χ0) is 15.0. The maximum atomic E-state index is 6.05. The molecule has 1 aliphatic heterocycles. The number of halogens is 1. The molecule has 2 rings (SSSR count). The molecule has 0 spiro atoms. The third kappa shape index (κ3) is 4.04. The van der Waals surface area contributed by atoms with Gasteiger partial charge in [-0.1, -0.05) is 32.4 Å². The standard InChI is InChI=1S/C14H22ClN3O2/c1-13(2,3)12-17-10(15)6-11(18-12)16-7-9-8-19-14(4,5)20-9/h6,9H,7-8H2,1-5H3,(H,16,17,18). The van der Waals surface area contributed by atoms with Gasteiger partial charge in [-0.25, -0.2) is 9.97 Å². The summed E-state index contributed by atoms with van der Waals surface area (Å²) in [7, 11) is 0. The van der Waals surface area contributed by atoms with Crippen molar-refractivity contribution in [3.8, 4) is 0 Å². The van der Waals surface area contributed by atoms with Crippen LogP contribution in [0.4, 0.5) is 5.82 Å². The lowest BCUT2D eigenvalue weighted by molar-refractivity contribution is -0.136. The topological polar surface area (TPSA) is 56.3 Å². The summed E-state index contributed by atoms with van der Waals surface area (Å²) in [6.07, 6.45) is 0.0110. The van der Waals surface area contributed by atoms with Crippen LogP contribution in [-0.4, -0.2) is 35.0 Å². The molecule has 6 heteroatoms. The number of nitrogens with one attached hydrogen (secondary N) is 1. The minimum absolute atomic E-state index is 0.0110. The van der Waals surface area contributed by atoms with Crippen LogP contribution in [0.5, 0.6) is 0 Å². The molecular formula is C14H22ClN3O2. The van der Waals surface area contributed by atoms with Gasteiger partial charge in [-0.2, -0.15) is 0 Å². The average molecular weight is 300 g/mol. The Bertz CT molecular complexity index is 486. The van der Waals surface area contributed by atoms with Crippen molar-refractivity contribution in [2.45, 2.75) is 51.9 Å². The van der Waals surface area contributed by atoms with E-state index < -0.39 is 5.79 Å². The van der Waals surface area contributed by atoms with Crippen LogP contribution in [0.3, 0.4) is 0 Å². The summed E-state index contributed by atoms with van der Waals surface area (Å²) in [4.78, 5) is 8.77. The first-order valence-corrected chi connectivity index (χ1v) is 7.14. The highest BCUT2D eigenvalue weighted by atomic mass is 35.5. The van der Waals surface area contributed by atoms with E-state index in [4.69, 9.17) is 21.1 Å². The molecule has 1 N–H and O–H groups in total. The van der Waals surface area contributed by atoms with Crippen LogP contribution in [0.1, 0.15) is 40.4 Å². The van der Waals surface area contributed by atoms with Gasteiger partial charge in [-0.3, -0.25) is 0 Å². The molecule has 1 aromatic rings. The van der Waals surface area contributed by atoms with Crippen molar-refractivity contribution in [1.82, 2.24) is 9.97 Å². The molecule has 1 aliphatic rings. The van der Waals surface area contributed by atoms with E-state index in [1.165, 1.54) is 0 Å². The van der Waals surface area contributed by atoms with Crippen molar-refractivity contribution in [3.63, 3.8) is 0 Å². The first-order valence-electron chi connectivity index (χ1n) is 6.76. The normalized spacial score (nSPS) is 22.0. The van der Waals surface area contributed by atoms with E-state index in [-0.39, 0.29) is 11.5 Å². The van der Waals surface area contributed by atoms with Gasteiger partial charge < -0.3 is 14.8 Å². The molecule has 1 atom stereocenters. The van der Waals surface area contributed by atoms with E-state index in [1.807, 2.05) is 13.8 Å². The summed E-state index contributed by atoms with van der Waals surface area (Å²) in [5.41, 5.74) is -0.143. The smallest absolute Gasteiger partial charge is 0.163 e. The molecule has 5 nitrogen and oxygen atoms in total. The lowest BCUT2D eigenvalue weighted by Gasteiger charge is -2.19. The SMILES string of the molecule is CC1(C)OCC(CNc2cc(Cl)nc(C(C)(C)C)n2)O1. The van der Waals surface area contributed by atoms with Crippen LogP contribution in [0.15, 0.2) is 6.07 Å². The highest BCUT2D eigenvalue weighted by molar-refractivity contribution is 6.29. The van der Waals surface area contributed by atoms with Crippen molar-refractivity contribution >= 4 is 17.4 Å². The maximum Gasteiger partial charge on any atom is 0.163 e. The van der Waals surface area contributed by atoms with Crippen LogP contribution >= 0.6 is 11.6 Å². The zero-order valence-electron chi connectivity index (χ0n) is 12.7. The largest absolute Gasteiger partial charge is 0.367 e. The Morgan fingerprint density at radius 2 is 2.10 bits per heavy atom. The molecule has 112 valence electrons. The molecule has 1 aromatic heterocycles. The van der Waals surface area contributed by atoms with Crippen molar-refractivity contribution in [2.75, 3.05) is 18.5 Å². The van der Waals surface area contributed by atoms with Crippen LogP contribution < -0.4 is 5.32 Å². The Morgan fingerprint density at radius 1 is 1.40 bits per heavy atom. The quantitative estimate of drug-likeness (QED) is 0.870. The Hall–Kier alpha value is -0.910. The van der Waals surface area contributed by atoms with E-state index in [9.17, 15) is 0 Å². The first kappa shape index (κ1) is 15.5. The second kappa shape index (κ2) is 5.47. The molecule has 1 saturated heterocycles. The minimum Gasteiger partial charge on any atom is -0.367 e. The molecule has 0 aromatic carbocycles. The summed E-state index contributed by atoms with van der Waals surface area (Å²) >= 11 is 6.05. The monoisotopic (exact) mass is 299 g/mol. The molecule has 2 heterocycles. The highest BCUT2D eigenvalue weighted by Crippen LogP contribution is 2.24. The van der Waals surface area contributed by atoms with E-state index in [1.54, 1.807) is 6.07 Å². The number of aromatic nitrogens is 2. The van der Waals surface area contributed by atoms with Crippen molar-refractivity contribution in [3.05, 3.63) is 17.0 Å². The van der Waals surface area contributed by atoms with Gasteiger partial charge in [-0.05, 0) is 13.8 Å². The number of ether oxygens (including phenoxy) is 2. The van der Waals surface area contributed by atoms with Crippen molar-refractivity contribution in [1.29, 1.82) is 0 Å². The molecule has 1 unspecified atom stereocenters. The van der Waals surface area contributed by atoms with Gasteiger partial charge in [0, 0.05) is 18.0 Å². The van der Waals surface area contributed by atoms with Crippen molar-refractivity contribution < 1.29 is 9.47 Å². The summed E-state index contributed by atoms with van der Waals surface area (Å²) in [5, 5.41) is 3.68. The van der Waals surface area contributed by atoms with E-state index in [2.05, 4.69) is 36.1 Å². The van der Waals surface area contributed by atoms with Gasteiger partial charge in [0.15, 0.2) is 5.79 Å². The Labute approximate surface area is 125 Å². The maximum absolute atomic E-state index is 6.05. The van der Waals surface area contributed by atoms with Crippen molar-refractivity contribution in [2.24, 2.45) is 0 Å². The highest BCUT2D eigenvalue weighted by Gasteiger charge is 2.32. The van der Waals surface area contributed by atoms with Crippen LogP contribution in [0.2, 0.25) is 5.15 Å². The van der Waals surface area contributed by atoms with Gasteiger partial charge >= 0.3 is 0 Å². The molecule has 1 fully saturated rings. The summed E-state index contributed by atoms with van der Waals surface area (Å²) in [5.74, 6) is 0.923. The predicted octanol–water partition coefficient (Wildman–Crippen LogP) is 2.99. The Balaban J connectivity index is 2.02. The molecule has 0 radical (unpaired) electrons. The van der Waals surface area contributed by atoms with Gasteiger partial charge in [0.05, 0.1) is 6.61 Å². The summed E-state index contributed by atoms with van der Waals surface area (Å²) < 4.78 is 11.3. The number of hydrogen-bond acceptors (Lipinski definition) is 5. The fourth-order valence-electron chi connectivity index (χ4n) is 1.93. The third-order valence-corrected chi connectivity index (χ3v) is 3.14. The number of anilines is 1. The number of hydrogen-bond donors (Lipinski definition) is 1. The second-order valence-electron chi connectivity index (χ2n) is 6.48. The lowest BCUT2D eigenvalue weighted by Crippen LogP contribution is -2.26. The summed E-state index contributed by atoms with van der Waals surface area (Å²) in [6, 6.07) is 1.72.